The Morgan fingerprint density at radius 1 is 1.12 bits per heavy atom. The fourth-order valence-corrected chi connectivity index (χ4v) is 2.59. The topological polar surface area (TPSA) is 71.7 Å². The van der Waals surface area contributed by atoms with Crippen molar-refractivity contribution in [2.24, 2.45) is 4.99 Å². The van der Waals surface area contributed by atoms with E-state index >= 15 is 0 Å². The number of hydrogen-bond donors (Lipinski definition) is 1. The lowest BCUT2D eigenvalue weighted by molar-refractivity contribution is -0.118. The first-order valence-electron chi connectivity index (χ1n) is 7.28. The van der Waals surface area contributed by atoms with Crippen molar-refractivity contribution in [3.8, 4) is 0 Å². The molecule has 2 aromatic carbocycles. The summed E-state index contributed by atoms with van der Waals surface area (Å²) >= 11 is 3.36. The first kappa shape index (κ1) is 17.0. The fraction of sp³-hybridized carbons (Fsp3) is 0.0556. The van der Waals surface area contributed by atoms with Crippen molar-refractivity contribution >= 4 is 44.4 Å². The zero-order valence-corrected chi connectivity index (χ0v) is 14.6. The van der Waals surface area contributed by atoms with Crippen LogP contribution < -0.4 is 10.9 Å². The largest absolute Gasteiger partial charge is 0.438 e. The van der Waals surface area contributed by atoms with Crippen molar-refractivity contribution in [1.82, 2.24) is 5.32 Å². The van der Waals surface area contributed by atoms with Gasteiger partial charge in [0.15, 0.2) is 0 Å². The summed E-state index contributed by atoms with van der Waals surface area (Å²) in [5, 5.41) is 2.87. The molecule has 1 N–H and O–H groups in total. The molecule has 2 amide bonds. The molecule has 0 aliphatic rings. The maximum absolute atomic E-state index is 13.1. The second-order valence-electron chi connectivity index (χ2n) is 5.25. The molecule has 3 aromatic rings. The summed E-state index contributed by atoms with van der Waals surface area (Å²) in [5.74, 6) is -1.51. The summed E-state index contributed by atoms with van der Waals surface area (Å²) in [7, 11) is 0. The standard InChI is InChI=1S/C18H12BrFN2O3/c1-10(23)21-17(24)15-9-11-8-12(19)2-7-16(11)25-18(15)22-14-5-3-13(20)4-6-14/h2-9H,1H3,(H,21,23,24). The Morgan fingerprint density at radius 2 is 1.84 bits per heavy atom. The van der Waals surface area contributed by atoms with Crippen molar-refractivity contribution in [3.63, 3.8) is 0 Å². The molecule has 0 saturated heterocycles. The average molecular weight is 403 g/mol. The SMILES string of the molecule is CC(=O)NC(=O)c1cc2cc(Br)ccc2oc1=Nc1ccc(F)cc1. The van der Waals surface area contributed by atoms with Crippen molar-refractivity contribution in [2.45, 2.75) is 6.92 Å². The van der Waals surface area contributed by atoms with Gasteiger partial charge in [0.05, 0.1) is 5.69 Å². The van der Waals surface area contributed by atoms with Gasteiger partial charge >= 0.3 is 0 Å². The van der Waals surface area contributed by atoms with E-state index in [4.69, 9.17) is 4.42 Å². The number of amides is 2. The summed E-state index contributed by atoms with van der Waals surface area (Å²) in [5.41, 5.74) is 1.06. The van der Waals surface area contributed by atoms with Crippen molar-refractivity contribution in [2.75, 3.05) is 0 Å². The minimum absolute atomic E-state index is 0.0279. The highest BCUT2D eigenvalue weighted by Gasteiger charge is 2.14. The van der Waals surface area contributed by atoms with Gasteiger partial charge in [-0.3, -0.25) is 14.9 Å². The van der Waals surface area contributed by atoms with Crippen molar-refractivity contribution in [1.29, 1.82) is 0 Å². The number of nitrogens with zero attached hydrogens (tertiary/aromatic N) is 1. The van der Waals surface area contributed by atoms with Gasteiger partial charge in [-0.15, -0.1) is 0 Å². The van der Waals surface area contributed by atoms with E-state index in [9.17, 15) is 14.0 Å². The summed E-state index contributed by atoms with van der Waals surface area (Å²) in [4.78, 5) is 27.8. The molecule has 0 aliphatic carbocycles. The lowest BCUT2D eigenvalue weighted by Crippen LogP contribution is -2.32. The molecule has 0 unspecified atom stereocenters. The van der Waals surface area contributed by atoms with Gasteiger partial charge in [0, 0.05) is 16.8 Å². The predicted octanol–water partition coefficient (Wildman–Crippen LogP) is 3.84. The van der Waals surface area contributed by atoms with Crippen molar-refractivity contribution in [3.05, 3.63) is 69.9 Å². The van der Waals surface area contributed by atoms with Gasteiger partial charge in [-0.05, 0) is 48.5 Å². The molecule has 0 saturated carbocycles. The maximum Gasteiger partial charge on any atom is 0.263 e. The number of nitrogens with one attached hydrogen (secondary N) is 1. The van der Waals surface area contributed by atoms with E-state index < -0.39 is 17.6 Å². The van der Waals surface area contributed by atoms with Gasteiger partial charge in [-0.2, -0.15) is 0 Å². The number of carbonyl (C=O) groups is 2. The van der Waals surface area contributed by atoms with Crippen LogP contribution in [0.5, 0.6) is 0 Å². The molecule has 0 atom stereocenters. The number of rotatable bonds is 2. The Bertz CT molecular complexity index is 1040. The maximum atomic E-state index is 13.1. The second kappa shape index (κ2) is 6.98. The van der Waals surface area contributed by atoms with E-state index in [0.29, 0.717) is 16.7 Å². The van der Waals surface area contributed by atoms with Crippen LogP contribution in [0.1, 0.15) is 17.3 Å². The van der Waals surface area contributed by atoms with Crippen LogP contribution in [0.4, 0.5) is 10.1 Å². The lowest BCUT2D eigenvalue weighted by atomic mass is 10.1. The van der Waals surface area contributed by atoms with Crippen LogP contribution in [0.25, 0.3) is 11.0 Å². The van der Waals surface area contributed by atoms with E-state index in [1.165, 1.54) is 31.2 Å². The van der Waals surface area contributed by atoms with Crippen molar-refractivity contribution < 1.29 is 18.4 Å². The lowest BCUT2D eigenvalue weighted by Gasteiger charge is -2.05. The third-order valence-corrected chi connectivity index (χ3v) is 3.79. The average Bonchev–Trinajstić information content (AvgIpc) is 2.56. The van der Waals surface area contributed by atoms with Gasteiger partial charge < -0.3 is 4.42 Å². The number of halogens is 2. The minimum atomic E-state index is -0.626. The molecule has 7 heteroatoms. The smallest absolute Gasteiger partial charge is 0.263 e. The first-order chi connectivity index (χ1) is 11.9. The van der Waals surface area contributed by atoms with Crippen LogP contribution >= 0.6 is 15.9 Å². The molecular weight excluding hydrogens is 391 g/mol. The molecule has 1 heterocycles. The van der Waals surface area contributed by atoms with E-state index in [1.807, 2.05) is 0 Å². The molecule has 0 radical (unpaired) electrons. The Balaban J connectivity index is 2.23. The Labute approximate surface area is 150 Å². The highest BCUT2D eigenvalue weighted by molar-refractivity contribution is 9.10. The summed E-state index contributed by atoms with van der Waals surface area (Å²) in [6.07, 6.45) is 0. The number of fused-ring (bicyclic) bond motifs is 1. The Kier molecular flexibility index (Phi) is 4.76. The molecule has 0 fully saturated rings. The second-order valence-corrected chi connectivity index (χ2v) is 6.16. The number of imide groups is 1. The highest BCUT2D eigenvalue weighted by Crippen LogP contribution is 2.20. The molecule has 126 valence electrons. The first-order valence-corrected chi connectivity index (χ1v) is 8.07. The molecule has 0 aliphatic heterocycles. The predicted molar refractivity (Wildman–Crippen MR) is 93.7 cm³/mol. The zero-order valence-electron chi connectivity index (χ0n) is 13.0. The van der Waals surface area contributed by atoms with Crippen LogP contribution in [0, 0.1) is 5.82 Å². The Hall–Kier alpha value is -2.80. The van der Waals surface area contributed by atoms with E-state index in [0.717, 1.165) is 4.47 Å². The summed E-state index contributed by atoms with van der Waals surface area (Å²) in [6.45, 7) is 1.24. The summed E-state index contributed by atoms with van der Waals surface area (Å²) in [6, 6.07) is 12.3. The third kappa shape index (κ3) is 4.00. The molecule has 0 bridgehead atoms. The third-order valence-electron chi connectivity index (χ3n) is 3.30. The molecular formula is C18H12BrFN2O3. The number of hydrogen-bond acceptors (Lipinski definition) is 4. The zero-order chi connectivity index (χ0) is 18.0. The summed E-state index contributed by atoms with van der Waals surface area (Å²) < 4.78 is 19.6. The number of benzene rings is 2. The van der Waals surface area contributed by atoms with Crippen LogP contribution in [0.15, 0.2) is 62.4 Å². The Morgan fingerprint density at radius 3 is 2.52 bits per heavy atom. The highest BCUT2D eigenvalue weighted by atomic mass is 79.9. The molecule has 5 nitrogen and oxygen atoms in total. The van der Waals surface area contributed by atoms with E-state index in [2.05, 4.69) is 26.2 Å². The quantitative estimate of drug-likeness (QED) is 0.707. The minimum Gasteiger partial charge on any atom is -0.438 e. The molecule has 3 rings (SSSR count). The van der Waals surface area contributed by atoms with Crippen LogP contribution in [-0.2, 0) is 4.79 Å². The van der Waals surface area contributed by atoms with Gasteiger partial charge in [0.2, 0.25) is 11.5 Å². The van der Waals surface area contributed by atoms with E-state index in [1.54, 1.807) is 24.3 Å². The van der Waals surface area contributed by atoms with E-state index in [-0.39, 0.29) is 11.1 Å². The van der Waals surface area contributed by atoms with Gasteiger partial charge in [-0.25, -0.2) is 9.38 Å². The molecule has 25 heavy (non-hydrogen) atoms. The van der Waals surface area contributed by atoms with Gasteiger partial charge in [-0.1, -0.05) is 15.9 Å². The fourth-order valence-electron chi connectivity index (χ4n) is 2.21. The molecule has 0 spiro atoms. The number of carbonyl (C=O) groups excluding carboxylic acids is 2. The van der Waals surface area contributed by atoms with Crippen LogP contribution in [0.2, 0.25) is 0 Å². The normalized spacial score (nSPS) is 11.6. The van der Waals surface area contributed by atoms with Gasteiger partial charge in [0.1, 0.15) is 17.0 Å². The molecule has 1 aromatic heterocycles. The van der Waals surface area contributed by atoms with Crippen LogP contribution in [-0.4, -0.2) is 11.8 Å². The monoisotopic (exact) mass is 402 g/mol. The van der Waals surface area contributed by atoms with Gasteiger partial charge in [0.25, 0.3) is 5.91 Å². The van der Waals surface area contributed by atoms with Crippen LogP contribution in [0.3, 0.4) is 0 Å².